The van der Waals surface area contributed by atoms with Gasteiger partial charge in [-0.15, -0.1) is 0 Å². The van der Waals surface area contributed by atoms with Gasteiger partial charge in [0.15, 0.2) is 0 Å². The maximum Gasteiger partial charge on any atom is 0.115 e. The second-order valence-electron chi connectivity index (χ2n) is 4.89. The van der Waals surface area contributed by atoms with E-state index in [2.05, 4.69) is 50.2 Å². The van der Waals surface area contributed by atoms with Gasteiger partial charge in [0.05, 0.1) is 17.8 Å². The van der Waals surface area contributed by atoms with Crippen molar-refractivity contribution < 1.29 is 0 Å². The molecule has 0 aliphatic carbocycles. The number of hydrogen-bond acceptors (Lipinski definition) is 2. The zero-order valence-corrected chi connectivity index (χ0v) is 13.0. The minimum Gasteiger partial charge on any atom is -0.341 e. The van der Waals surface area contributed by atoms with Crippen molar-refractivity contribution in [2.24, 2.45) is 5.73 Å². The quantitative estimate of drug-likeness (QED) is 0.755. The third-order valence-electron chi connectivity index (χ3n) is 3.52. The molecule has 2 aromatic carbocycles. The highest BCUT2D eigenvalue weighted by atomic mass is 79.9. The molecule has 0 aliphatic heterocycles. The standard InChI is InChI=1S/C17H16BrN3/c18-14-8-6-13(7-9-14)16-11-20-17(21-16)15(10-19)12-4-2-1-3-5-12/h1-9,11,15H,10,19H2,(H,20,21). The normalized spacial score (nSPS) is 12.3. The number of halogens is 1. The van der Waals surface area contributed by atoms with E-state index in [-0.39, 0.29) is 5.92 Å². The molecule has 0 radical (unpaired) electrons. The van der Waals surface area contributed by atoms with Gasteiger partial charge in [0, 0.05) is 11.0 Å². The molecule has 0 amide bonds. The zero-order valence-electron chi connectivity index (χ0n) is 11.5. The summed E-state index contributed by atoms with van der Waals surface area (Å²) in [5.74, 6) is 0.997. The van der Waals surface area contributed by atoms with Gasteiger partial charge in [-0.25, -0.2) is 4.98 Å². The first-order valence-electron chi connectivity index (χ1n) is 6.84. The third kappa shape index (κ3) is 3.06. The molecular formula is C17H16BrN3. The highest BCUT2D eigenvalue weighted by molar-refractivity contribution is 9.10. The Morgan fingerprint density at radius 1 is 1.05 bits per heavy atom. The van der Waals surface area contributed by atoms with Gasteiger partial charge in [0.1, 0.15) is 5.82 Å². The van der Waals surface area contributed by atoms with Crippen LogP contribution in [0.15, 0.2) is 65.3 Å². The van der Waals surface area contributed by atoms with Crippen molar-refractivity contribution in [1.29, 1.82) is 0 Å². The van der Waals surface area contributed by atoms with Crippen LogP contribution in [0.25, 0.3) is 11.3 Å². The summed E-state index contributed by atoms with van der Waals surface area (Å²) < 4.78 is 1.06. The highest BCUT2D eigenvalue weighted by Crippen LogP contribution is 2.25. The first kappa shape index (κ1) is 14.0. The van der Waals surface area contributed by atoms with Crippen LogP contribution in [0, 0.1) is 0 Å². The molecule has 1 aromatic heterocycles. The van der Waals surface area contributed by atoms with Crippen molar-refractivity contribution in [3.63, 3.8) is 0 Å². The number of nitrogens with one attached hydrogen (secondary N) is 1. The number of nitrogens with two attached hydrogens (primary N) is 1. The molecule has 4 heteroatoms. The van der Waals surface area contributed by atoms with Crippen LogP contribution in [0.2, 0.25) is 0 Å². The van der Waals surface area contributed by atoms with Crippen molar-refractivity contribution in [2.45, 2.75) is 5.92 Å². The van der Waals surface area contributed by atoms with E-state index in [4.69, 9.17) is 5.73 Å². The molecular weight excluding hydrogens is 326 g/mol. The fraction of sp³-hybridized carbons (Fsp3) is 0.118. The van der Waals surface area contributed by atoms with Crippen molar-refractivity contribution in [3.8, 4) is 11.3 Å². The van der Waals surface area contributed by atoms with E-state index in [0.717, 1.165) is 21.6 Å². The fourth-order valence-corrected chi connectivity index (χ4v) is 2.65. The summed E-state index contributed by atoms with van der Waals surface area (Å²) in [5, 5.41) is 0. The summed E-state index contributed by atoms with van der Waals surface area (Å²) in [6.45, 7) is 0.525. The Kier molecular flexibility index (Phi) is 4.18. The van der Waals surface area contributed by atoms with Crippen LogP contribution in [0.4, 0.5) is 0 Å². The molecule has 3 aromatic rings. The predicted molar refractivity (Wildman–Crippen MR) is 89.1 cm³/mol. The van der Waals surface area contributed by atoms with Gasteiger partial charge >= 0.3 is 0 Å². The molecule has 3 N–H and O–H groups in total. The van der Waals surface area contributed by atoms with E-state index in [1.54, 1.807) is 0 Å². The van der Waals surface area contributed by atoms with Gasteiger partial charge in [0.2, 0.25) is 0 Å². The number of rotatable bonds is 4. The fourth-order valence-electron chi connectivity index (χ4n) is 2.38. The first-order chi connectivity index (χ1) is 10.3. The van der Waals surface area contributed by atoms with Crippen LogP contribution in [0.5, 0.6) is 0 Å². The van der Waals surface area contributed by atoms with Gasteiger partial charge in [-0.2, -0.15) is 0 Å². The van der Waals surface area contributed by atoms with E-state index in [9.17, 15) is 0 Å². The molecule has 0 saturated carbocycles. The van der Waals surface area contributed by atoms with Gasteiger partial charge in [-0.05, 0) is 23.3 Å². The van der Waals surface area contributed by atoms with Crippen molar-refractivity contribution in [3.05, 3.63) is 76.7 Å². The number of benzene rings is 2. The molecule has 0 aliphatic rings. The van der Waals surface area contributed by atoms with Crippen LogP contribution in [0.3, 0.4) is 0 Å². The van der Waals surface area contributed by atoms with Gasteiger partial charge in [0.25, 0.3) is 0 Å². The largest absolute Gasteiger partial charge is 0.341 e. The van der Waals surface area contributed by atoms with Gasteiger partial charge in [-0.1, -0.05) is 58.4 Å². The maximum atomic E-state index is 5.94. The summed E-state index contributed by atoms with van der Waals surface area (Å²) in [6, 6.07) is 18.4. The highest BCUT2D eigenvalue weighted by Gasteiger charge is 2.16. The Morgan fingerprint density at radius 3 is 2.43 bits per heavy atom. The molecule has 1 heterocycles. The van der Waals surface area contributed by atoms with E-state index < -0.39 is 0 Å². The lowest BCUT2D eigenvalue weighted by Gasteiger charge is -2.12. The molecule has 1 unspecified atom stereocenters. The van der Waals surface area contributed by atoms with Crippen LogP contribution in [-0.2, 0) is 0 Å². The first-order valence-corrected chi connectivity index (χ1v) is 7.63. The summed E-state index contributed by atoms with van der Waals surface area (Å²) in [7, 11) is 0. The average molecular weight is 342 g/mol. The van der Waals surface area contributed by atoms with Crippen LogP contribution in [-0.4, -0.2) is 16.5 Å². The monoisotopic (exact) mass is 341 g/mol. The summed E-state index contributed by atoms with van der Waals surface area (Å²) in [5.41, 5.74) is 9.23. The van der Waals surface area contributed by atoms with Crippen molar-refractivity contribution >= 4 is 15.9 Å². The molecule has 0 bridgehead atoms. The molecule has 106 valence electrons. The molecule has 1 atom stereocenters. The summed E-state index contributed by atoms with van der Waals surface area (Å²) in [6.07, 6.45) is 1.87. The topological polar surface area (TPSA) is 54.7 Å². The Morgan fingerprint density at radius 2 is 1.76 bits per heavy atom. The maximum absolute atomic E-state index is 5.94. The summed E-state index contributed by atoms with van der Waals surface area (Å²) >= 11 is 3.45. The molecule has 3 rings (SSSR count). The predicted octanol–water partition coefficient (Wildman–Crippen LogP) is 3.93. The SMILES string of the molecule is NCC(c1ccccc1)c1ncc(-c2ccc(Br)cc2)[nH]1. The van der Waals surface area contributed by atoms with Gasteiger partial charge in [-0.3, -0.25) is 0 Å². The lowest BCUT2D eigenvalue weighted by Crippen LogP contribution is -2.15. The molecule has 21 heavy (non-hydrogen) atoms. The van der Waals surface area contributed by atoms with Crippen molar-refractivity contribution in [1.82, 2.24) is 9.97 Å². The Labute approximate surface area is 132 Å². The molecule has 3 nitrogen and oxygen atoms in total. The van der Waals surface area contributed by atoms with Crippen LogP contribution < -0.4 is 5.73 Å². The lowest BCUT2D eigenvalue weighted by molar-refractivity contribution is 0.765. The smallest absolute Gasteiger partial charge is 0.115 e. The van der Waals surface area contributed by atoms with E-state index >= 15 is 0 Å². The van der Waals surface area contributed by atoms with E-state index in [1.807, 2.05) is 36.5 Å². The Hall–Kier alpha value is -1.91. The van der Waals surface area contributed by atoms with Crippen molar-refractivity contribution in [2.75, 3.05) is 6.54 Å². The third-order valence-corrected chi connectivity index (χ3v) is 4.05. The van der Waals surface area contributed by atoms with Crippen LogP contribution in [0.1, 0.15) is 17.3 Å². The lowest BCUT2D eigenvalue weighted by atomic mass is 9.99. The molecule has 0 saturated heterocycles. The number of aromatic nitrogens is 2. The Bertz CT molecular complexity index is 704. The molecule has 0 spiro atoms. The minimum atomic E-state index is 0.0930. The average Bonchev–Trinajstić information content (AvgIpc) is 2.99. The van der Waals surface area contributed by atoms with Crippen LogP contribution >= 0.6 is 15.9 Å². The second-order valence-corrected chi connectivity index (χ2v) is 5.80. The number of nitrogens with zero attached hydrogens (tertiary/aromatic N) is 1. The summed E-state index contributed by atoms with van der Waals surface area (Å²) in [4.78, 5) is 7.91. The Balaban J connectivity index is 1.92. The number of imidazole rings is 1. The van der Waals surface area contributed by atoms with Gasteiger partial charge < -0.3 is 10.7 Å². The minimum absolute atomic E-state index is 0.0930. The molecule has 0 fully saturated rings. The van der Waals surface area contributed by atoms with E-state index in [1.165, 1.54) is 5.56 Å². The number of aromatic amines is 1. The number of hydrogen-bond donors (Lipinski definition) is 2. The number of H-pyrrole nitrogens is 1. The van der Waals surface area contributed by atoms with E-state index in [0.29, 0.717) is 6.54 Å². The zero-order chi connectivity index (χ0) is 14.7. The second kappa shape index (κ2) is 6.24.